The van der Waals surface area contributed by atoms with Crippen molar-refractivity contribution < 1.29 is 4.74 Å². The zero-order chi connectivity index (χ0) is 11.5. The van der Waals surface area contributed by atoms with Crippen molar-refractivity contribution in [1.82, 2.24) is 0 Å². The largest absolute Gasteiger partial charge is 0.490 e. The van der Waals surface area contributed by atoms with E-state index in [9.17, 15) is 0 Å². The van der Waals surface area contributed by atoms with Gasteiger partial charge in [-0.15, -0.1) is 0 Å². The zero-order valence-electron chi connectivity index (χ0n) is 10.2. The molecule has 1 fully saturated rings. The Hall–Kier alpha value is -1.18. The molecule has 1 aliphatic carbocycles. The molecule has 2 nitrogen and oxygen atoms in total. The number of hydrogen-bond acceptors (Lipinski definition) is 2. The first-order valence-electron chi connectivity index (χ1n) is 6.18. The van der Waals surface area contributed by atoms with Crippen LogP contribution in [0.25, 0.3) is 0 Å². The second-order valence-corrected chi connectivity index (χ2v) is 5.02. The predicted molar refractivity (Wildman–Crippen MR) is 67.6 cm³/mol. The monoisotopic (exact) mass is 219 g/mol. The number of aryl methyl sites for hydroxylation is 1. The Balaban J connectivity index is 1.96. The van der Waals surface area contributed by atoms with Gasteiger partial charge in [0.05, 0.1) is 6.10 Å². The molecular formula is C14H21NO. The van der Waals surface area contributed by atoms with Crippen LogP contribution in [-0.4, -0.2) is 6.10 Å². The van der Waals surface area contributed by atoms with Crippen LogP contribution in [0.15, 0.2) is 18.2 Å². The van der Waals surface area contributed by atoms with E-state index in [1.165, 1.54) is 25.7 Å². The fourth-order valence-electron chi connectivity index (χ4n) is 2.26. The Morgan fingerprint density at radius 3 is 2.50 bits per heavy atom. The van der Waals surface area contributed by atoms with E-state index in [-0.39, 0.29) is 0 Å². The SMILES string of the molecule is Cc1cc(OC2CCC(C)CC2)ccc1N. The molecule has 0 atom stereocenters. The summed E-state index contributed by atoms with van der Waals surface area (Å²) >= 11 is 0. The predicted octanol–water partition coefficient (Wildman–Crippen LogP) is 3.53. The van der Waals surface area contributed by atoms with Gasteiger partial charge in [0.2, 0.25) is 0 Å². The third-order valence-corrected chi connectivity index (χ3v) is 3.51. The first-order valence-corrected chi connectivity index (χ1v) is 6.18. The molecule has 0 saturated heterocycles. The van der Waals surface area contributed by atoms with Crippen molar-refractivity contribution in [3.05, 3.63) is 23.8 Å². The van der Waals surface area contributed by atoms with Crippen LogP contribution in [0.5, 0.6) is 5.75 Å². The molecular weight excluding hydrogens is 198 g/mol. The van der Waals surface area contributed by atoms with Crippen molar-refractivity contribution in [2.24, 2.45) is 5.92 Å². The highest BCUT2D eigenvalue weighted by molar-refractivity contribution is 5.49. The van der Waals surface area contributed by atoms with Crippen LogP contribution in [-0.2, 0) is 0 Å². The average Bonchev–Trinajstić information content (AvgIpc) is 2.27. The Bertz CT molecular complexity index is 354. The summed E-state index contributed by atoms with van der Waals surface area (Å²) in [5.74, 6) is 1.83. The summed E-state index contributed by atoms with van der Waals surface area (Å²) in [6.07, 6.45) is 5.35. The molecule has 0 bridgehead atoms. The summed E-state index contributed by atoms with van der Waals surface area (Å²) in [7, 11) is 0. The molecule has 0 unspecified atom stereocenters. The van der Waals surface area contributed by atoms with E-state index >= 15 is 0 Å². The molecule has 16 heavy (non-hydrogen) atoms. The average molecular weight is 219 g/mol. The van der Waals surface area contributed by atoms with Gasteiger partial charge >= 0.3 is 0 Å². The van der Waals surface area contributed by atoms with Gasteiger partial charge in [-0.2, -0.15) is 0 Å². The molecule has 0 radical (unpaired) electrons. The van der Waals surface area contributed by atoms with Crippen LogP contribution >= 0.6 is 0 Å². The van der Waals surface area contributed by atoms with E-state index in [1.807, 2.05) is 25.1 Å². The Kier molecular flexibility index (Phi) is 3.37. The van der Waals surface area contributed by atoms with Crippen LogP contribution in [0, 0.1) is 12.8 Å². The second kappa shape index (κ2) is 4.77. The molecule has 2 rings (SSSR count). The van der Waals surface area contributed by atoms with E-state index in [0.717, 1.165) is 22.9 Å². The van der Waals surface area contributed by atoms with Gasteiger partial charge < -0.3 is 10.5 Å². The number of anilines is 1. The molecule has 2 N–H and O–H groups in total. The standard InChI is InChI=1S/C14H21NO/c1-10-3-5-12(6-4-10)16-13-7-8-14(15)11(2)9-13/h7-10,12H,3-6,15H2,1-2H3. The summed E-state index contributed by atoms with van der Waals surface area (Å²) < 4.78 is 5.98. The van der Waals surface area contributed by atoms with E-state index in [0.29, 0.717) is 6.10 Å². The van der Waals surface area contributed by atoms with Gasteiger partial charge in [-0.25, -0.2) is 0 Å². The fourth-order valence-corrected chi connectivity index (χ4v) is 2.26. The summed E-state index contributed by atoms with van der Waals surface area (Å²) in [4.78, 5) is 0. The molecule has 1 aliphatic rings. The molecule has 0 aliphatic heterocycles. The Morgan fingerprint density at radius 1 is 1.19 bits per heavy atom. The molecule has 1 aromatic carbocycles. The van der Waals surface area contributed by atoms with Crippen LogP contribution < -0.4 is 10.5 Å². The third kappa shape index (κ3) is 2.69. The second-order valence-electron chi connectivity index (χ2n) is 5.02. The number of hydrogen-bond donors (Lipinski definition) is 1. The van der Waals surface area contributed by atoms with Crippen molar-refractivity contribution in [2.45, 2.75) is 45.6 Å². The zero-order valence-corrected chi connectivity index (χ0v) is 10.2. The lowest BCUT2D eigenvalue weighted by atomic mass is 9.89. The molecule has 0 heterocycles. The summed E-state index contributed by atoms with van der Waals surface area (Å²) in [5, 5.41) is 0. The quantitative estimate of drug-likeness (QED) is 0.772. The molecule has 1 saturated carbocycles. The topological polar surface area (TPSA) is 35.2 Å². The van der Waals surface area contributed by atoms with Crippen LogP contribution in [0.4, 0.5) is 5.69 Å². The maximum Gasteiger partial charge on any atom is 0.120 e. The van der Waals surface area contributed by atoms with Gasteiger partial charge in [0.25, 0.3) is 0 Å². The molecule has 0 amide bonds. The first-order chi connectivity index (χ1) is 7.65. The Labute approximate surface area is 97.8 Å². The summed E-state index contributed by atoms with van der Waals surface area (Å²) in [5.41, 5.74) is 7.72. The molecule has 0 aromatic heterocycles. The van der Waals surface area contributed by atoms with Crippen LogP contribution in [0.3, 0.4) is 0 Å². The van der Waals surface area contributed by atoms with Crippen molar-refractivity contribution in [3.63, 3.8) is 0 Å². The fraction of sp³-hybridized carbons (Fsp3) is 0.571. The highest BCUT2D eigenvalue weighted by Gasteiger charge is 2.19. The van der Waals surface area contributed by atoms with Crippen LogP contribution in [0.2, 0.25) is 0 Å². The number of nitrogen functional groups attached to an aromatic ring is 1. The lowest BCUT2D eigenvalue weighted by Crippen LogP contribution is -2.23. The molecule has 1 aromatic rings. The highest BCUT2D eigenvalue weighted by Crippen LogP contribution is 2.28. The van der Waals surface area contributed by atoms with Gasteiger partial charge in [-0.3, -0.25) is 0 Å². The lowest BCUT2D eigenvalue weighted by molar-refractivity contribution is 0.135. The summed E-state index contributed by atoms with van der Waals surface area (Å²) in [6.45, 7) is 4.34. The van der Waals surface area contributed by atoms with Gasteiger partial charge in [-0.1, -0.05) is 6.92 Å². The minimum Gasteiger partial charge on any atom is -0.490 e. The van der Waals surface area contributed by atoms with E-state index in [1.54, 1.807) is 0 Å². The third-order valence-electron chi connectivity index (χ3n) is 3.51. The minimum absolute atomic E-state index is 0.402. The molecule has 2 heteroatoms. The number of nitrogens with two attached hydrogens (primary N) is 1. The van der Waals surface area contributed by atoms with Crippen molar-refractivity contribution in [3.8, 4) is 5.75 Å². The number of benzene rings is 1. The van der Waals surface area contributed by atoms with E-state index in [4.69, 9.17) is 10.5 Å². The number of ether oxygens (including phenoxy) is 1. The van der Waals surface area contributed by atoms with Crippen LogP contribution in [0.1, 0.15) is 38.2 Å². The maximum absolute atomic E-state index is 5.98. The van der Waals surface area contributed by atoms with Crippen molar-refractivity contribution in [1.29, 1.82) is 0 Å². The molecule has 88 valence electrons. The normalized spacial score (nSPS) is 25.4. The minimum atomic E-state index is 0.402. The smallest absolute Gasteiger partial charge is 0.120 e. The highest BCUT2D eigenvalue weighted by atomic mass is 16.5. The Morgan fingerprint density at radius 2 is 1.88 bits per heavy atom. The van der Waals surface area contributed by atoms with Gasteiger partial charge in [0.15, 0.2) is 0 Å². The van der Waals surface area contributed by atoms with Gasteiger partial charge in [0.1, 0.15) is 5.75 Å². The summed E-state index contributed by atoms with van der Waals surface area (Å²) in [6, 6.07) is 5.93. The van der Waals surface area contributed by atoms with E-state index < -0.39 is 0 Å². The van der Waals surface area contributed by atoms with Gasteiger partial charge in [0, 0.05) is 5.69 Å². The van der Waals surface area contributed by atoms with Gasteiger partial charge in [-0.05, 0) is 62.3 Å². The number of rotatable bonds is 2. The molecule has 0 spiro atoms. The van der Waals surface area contributed by atoms with Crippen molar-refractivity contribution in [2.75, 3.05) is 5.73 Å². The van der Waals surface area contributed by atoms with E-state index in [2.05, 4.69) is 6.92 Å². The lowest BCUT2D eigenvalue weighted by Gasteiger charge is -2.27. The van der Waals surface area contributed by atoms with Crippen molar-refractivity contribution >= 4 is 5.69 Å². The first kappa shape index (κ1) is 11.3. The maximum atomic E-state index is 5.98.